The number of carboxylic acids is 1. The molecule has 1 saturated heterocycles. The monoisotopic (exact) mass is 379 g/mol. The van der Waals surface area contributed by atoms with Gasteiger partial charge in [-0.15, -0.1) is 0 Å². The van der Waals surface area contributed by atoms with Gasteiger partial charge in [-0.05, 0) is 34.1 Å². The van der Waals surface area contributed by atoms with Crippen molar-refractivity contribution in [2.75, 3.05) is 13.7 Å². The minimum atomic E-state index is -4.01. The fraction of sp³-hybridized carbons (Fsp3) is 0.417. The molecule has 0 radical (unpaired) electrons. The Morgan fingerprint density at radius 1 is 1.48 bits per heavy atom. The van der Waals surface area contributed by atoms with Crippen LogP contribution in [0, 0.1) is 0 Å². The van der Waals surface area contributed by atoms with Crippen molar-refractivity contribution in [3.8, 4) is 5.75 Å². The SMILES string of the molecule is COc1ccc(S(=O)(=O)N2C[C@H](O)C[C@@H]2C(=O)O)cc1Br. The van der Waals surface area contributed by atoms with Crippen LogP contribution in [0.2, 0.25) is 0 Å². The van der Waals surface area contributed by atoms with Crippen molar-refractivity contribution in [1.82, 2.24) is 4.31 Å². The molecule has 1 aromatic carbocycles. The number of β-amino-alcohol motifs (C(OH)–C–C–N with tert-alkyl or cyclic N) is 1. The highest BCUT2D eigenvalue weighted by molar-refractivity contribution is 9.10. The third kappa shape index (κ3) is 3.05. The van der Waals surface area contributed by atoms with Crippen LogP contribution < -0.4 is 4.74 Å². The number of sulfonamides is 1. The number of hydrogen-bond acceptors (Lipinski definition) is 5. The second-order valence-electron chi connectivity index (χ2n) is 4.61. The zero-order chi connectivity index (χ0) is 15.8. The van der Waals surface area contributed by atoms with Gasteiger partial charge in [0.25, 0.3) is 0 Å². The molecule has 21 heavy (non-hydrogen) atoms. The van der Waals surface area contributed by atoms with E-state index in [9.17, 15) is 18.3 Å². The molecule has 1 heterocycles. The van der Waals surface area contributed by atoms with Gasteiger partial charge in [0.05, 0.1) is 22.6 Å². The van der Waals surface area contributed by atoms with Crippen LogP contribution in [0.5, 0.6) is 5.75 Å². The molecule has 116 valence electrons. The average Bonchev–Trinajstić information content (AvgIpc) is 2.81. The molecule has 0 aromatic heterocycles. The second-order valence-corrected chi connectivity index (χ2v) is 7.36. The molecule has 0 spiro atoms. The first kappa shape index (κ1) is 16.2. The van der Waals surface area contributed by atoms with Crippen molar-refractivity contribution in [3.05, 3.63) is 22.7 Å². The first-order valence-corrected chi connectivity index (χ1v) is 8.27. The van der Waals surface area contributed by atoms with Crippen LogP contribution in [0.3, 0.4) is 0 Å². The number of aliphatic carboxylic acids is 1. The van der Waals surface area contributed by atoms with E-state index in [1.807, 2.05) is 0 Å². The summed E-state index contributed by atoms with van der Waals surface area (Å²) in [5.41, 5.74) is 0. The van der Waals surface area contributed by atoms with Gasteiger partial charge in [0.15, 0.2) is 0 Å². The topological polar surface area (TPSA) is 104 Å². The minimum Gasteiger partial charge on any atom is -0.496 e. The standard InChI is InChI=1S/C12H14BrNO6S/c1-20-11-3-2-8(5-9(11)13)21(18,19)14-6-7(15)4-10(14)12(16)17/h2-3,5,7,10,15H,4,6H2,1H3,(H,16,17)/t7-,10-/m1/s1. The summed E-state index contributed by atoms with van der Waals surface area (Å²) in [5.74, 6) is -0.812. The van der Waals surface area contributed by atoms with Crippen LogP contribution in [0.4, 0.5) is 0 Å². The Kier molecular flexibility index (Phi) is 4.57. The highest BCUT2D eigenvalue weighted by atomic mass is 79.9. The molecule has 2 atom stereocenters. The third-order valence-corrected chi connectivity index (χ3v) is 5.74. The van der Waals surface area contributed by atoms with Crippen molar-refractivity contribution in [2.24, 2.45) is 0 Å². The molecule has 0 amide bonds. The first-order valence-electron chi connectivity index (χ1n) is 6.03. The molecule has 2 rings (SSSR count). The number of nitrogens with zero attached hydrogens (tertiary/aromatic N) is 1. The number of aliphatic hydroxyl groups excluding tert-OH is 1. The Hall–Kier alpha value is -1.16. The zero-order valence-electron chi connectivity index (χ0n) is 11.1. The van der Waals surface area contributed by atoms with Crippen LogP contribution in [-0.4, -0.2) is 54.7 Å². The van der Waals surface area contributed by atoms with Crippen molar-refractivity contribution in [1.29, 1.82) is 0 Å². The number of carboxylic acid groups (broad SMARTS) is 1. The summed E-state index contributed by atoms with van der Waals surface area (Å²) in [6.07, 6.45) is -1.10. The molecule has 0 saturated carbocycles. The normalized spacial score (nSPS) is 23.2. The van der Waals surface area contributed by atoms with Crippen LogP contribution in [0.15, 0.2) is 27.6 Å². The lowest BCUT2D eigenvalue weighted by molar-refractivity contribution is -0.140. The maximum atomic E-state index is 12.5. The fourth-order valence-electron chi connectivity index (χ4n) is 2.22. The quantitative estimate of drug-likeness (QED) is 0.796. The molecule has 1 aromatic rings. The Balaban J connectivity index is 2.42. The van der Waals surface area contributed by atoms with Gasteiger partial charge in [-0.3, -0.25) is 4.79 Å². The van der Waals surface area contributed by atoms with Crippen molar-refractivity contribution >= 4 is 31.9 Å². The number of benzene rings is 1. The van der Waals surface area contributed by atoms with E-state index < -0.39 is 28.1 Å². The van der Waals surface area contributed by atoms with Crippen molar-refractivity contribution in [2.45, 2.75) is 23.5 Å². The third-order valence-electron chi connectivity index (χ3n) is 3.25. The molecule has 7 nitrogen and oxygen atoms in total. The number of carbonyl (C=O) groups is 1. The number of halogens is 1. The molecule has 9 heteroatoms. The molecular weight excluding hydrogens is 366 g/mol. The largest absolute Gasteiger partial charge is 0.496 e. The average molecular weight is 380 g/mol. The summed E-state index contributed by atoms with van der Waals surface area (Å²) < 4.78 is 31.4. The number of rotatable bonds is 4. The van der Waals surface area contributed by atoms with E-state index in [1.165, 1.54) is 25.3 Å². The lowest BCUT2D eigenvalue weighted by Gasteiger charge is -2.21. The van der Waals surface area contributed by atoms with Gasteiger partial charge in [-0.1, -0.05) is 0 Å². The molecule has 1 aliphatic heterocycles. The summed E-state index contributed by atoms with van der Waals surface area (Å²) in [5, 5.41) is 18.7. The summed E-state index contributed by atoms with van der Waals surface area (Å²) in [6.45, 7) is -0.233. The molecule has 2 N–H and O–H groups in total. The van der Waals surface area contributed by atoms with Crippen LogP contribution >= 0.6 is 15.9 Å². The predicted octanol–water partition coefficient (Wildman–Crippen LogP) is 0.666. The van der Waals surface area contributed by atoms with Gasteiger partial charge >= 0.3 is 5.97 Å². The minimum absolute atomic E-state index is 0.0597. The molecule has 0 aliphatic carbocycles. The van der Waals surface area contributed by atoms with Crippen molar-refractivity contribution in [3.63, 3.8) is 0 Å². The Bertz CT molecular complexity index is 662. The Morgan fingerprint density at radius 2 is 2.14 bits per heavy atom. The summed E-state index contributed by atoms with van der Waals surface area (Å²) in [6, 6.07) is 2.89. The molecular formula is C12H14BrNO6S. The molecule has 0 bridgehead atoms. The maximum absolute atomic E-state index is 12.5. The number of methoxy groups -OCH3 is 1. The first-order chi connectivity index (χ1) is 9.77. The van der Waals surface area contributed by atoms with E-state index >= 15 is 0 Å². The number of aliphatic hydroxyl groups is 1. The van der Waals surface area contributed by atoms with Gasteiger partial charge in [0.1, 0.15) is 11.8 Å². The van der Waals surface area contributed by atoms with E-state index in [2.05, 4.69) is 15.9 Å². The van der Waals surface area contributed by atoms with E-state index in [0.29, 0.717) is 10.2 Å². The van der Waals surface area contributed by atoms with Gasteiger partial charge in [0, 0.05) is 13.0 Å². The van der Waals surface area contributed by atoms with E-state index in [1.54, 1.807) is 0 Å². The van der Waals surface area contributed by atoms with Gasteiger partial charge < -0.3 is 14.9 Å². The molecule has 1 aliphatic rings. The number of ether oxygens (including phenoxy) is 1. The number of hydrogen-bond donors (Lipinski definition) is 2. The zero-order valence-corrected chi connectivity index (χ0v) is 13.5. The second kappa shape index (κ2) is 5.91. The lowest BCUT2D eigenvalue weighted by atomic mass is 10.2. The van der Waals surface area contributed by atoms with E-state index in [4.69, 9.17) is 9.84 Å². The highest BCUT2D eigenvalue weighted by Gasteiger charge is 2.43. The maximum Gasteiger partial charge on any atom is 0.322 e. The van der Waals surface area contributed by atoms with Gasteiger partial charge in [0.2, 0.25) is 10.0 Å². The lowest BCUT2D eigenvalue weighted by Crippen LogP contribution is -2.40. The van der Waals surface area contributed by atoms with Crippen LogP contribution in [0.25, 0.3) is 0 Å². The van der Waals surface area contributed by atoms with Crippen LogP contribution in [-0.2, 0) is 14.8 Å². The van der Waals surface area contributed by atoms with Crippen molar-refractivity contribution < 1.29 is 28.2 Å². The Labute approximate surface area is 130 Å². The van der Waals surface area contributed by atoms with E-state index in [0.717, 1.165) is 4.31 Å². The van der Waals surface area contributed by atoms with E-state index in [-0.39, 0.29) is 17.9 Å². The van der Waals surface area contributed by atoms with Gasteiger partial charge in [-0.25, -0.2) is 8.42 Å². The smallest absolute Gasteiger partial charge is 0.322 e. The Morgan fingerprint density at radius 3 is 2.67 bits per heavy atom. The predicted molar refractivity (Wildman–Crippen MR) is 76.6 cm³/mol. The molecule has 0 unspecified atom stereocenters. The summed E-state index contributed by atoms with van der Waals surface area (Å²) >= 11 is 3.19. The summed E-state index contributed by atoms with van der Waals surface area (Å²) in [4.78, 5) is 11.1. The van der Waals surface area contributed by atoms with Gasteiger partial charge in [-0.2, -0.15) is 4.31 Å². The molecule has 1 fully saturated rings. The summed E-state index contributed by atoms with van der Waals surface area (Å²) in [7, 11) is -2.56. The van der Waals surface area contributed by atoms with Crippen LogP contribution in [0.1, 0.15) is 6.42 Å². The fourth-order valence-corrected chi connectivity index (χ4v) is 4.57. The highest BCUT2D eigenvalue weighted by Crippen LogP contribution is 2.31.